The lowest BCUT2D eigenvalue weighted by atomic mass is 9.93. The van der Waals surface area contributed by atoms with Crippen LogP contribution >= 0.6 is 0 Å². The first-order valence-corrected chi connectivity index (χ1v) is 12.5. The molecule has 1 fully saturated rings. The van der Waals surface area contributed by atoms with Crippen LogP contribution in [0.5, 0.6) is 0 Å². The second kappa shape index (κ2) is 10.3. The number of fused-ring (bicyclic) bond motifs is 1. The maximum atomic E-state index is 14.0. The van der Waals surface area contributed by atoms with E-state index in [0.29, 0.717) is 11.3 Å². The third kappa shape index (κ3) is 4.90. The molecule has 0 saturated heterocycles. The van der Waals surface area contributed by atoms with Crippen LogP contribution in [0.4, 0.5) is 5.69 Å². The molecule has 5 heteroatoms. The summed E-state index contributed by atoms with van der Waals surface area (Å²) in [6, 6.07) is 24.6. The predicted octanol–water partition coefficient (Wildman–Crippen LogP) is 5.76. The smallest absolute Gasteiger partial charge is 0.257 e. The van der Waals surface area contributed by atoms with Crippen molar-refractivity contribution in [1.82, 2.24) is 10.2 Å². The lowest BCUT2D eigenvalue weighted by Gasteiger charge is -2.33. The molecule has 3 aromatic rings. The molecule has 0 spiro atoms. The Balaban J connectivity index is 1.60. The molecule has 5 rings (SSSR count). The largest absolute Gasteiger partial charge is 0.351 e. The van der Waals surface area contributed by atoms with Crippen LogP contribution in [0.1, 0.15) is 65.2 Å². The zero-order valence-corrected chi connectivity index (χ0v) is 20.1. The van der Waals surface area contributed by atoms with E-state index < -0.39 is 6.04 Å². The SMILES string of the molecule is Cc1ccccc1C(C(=O)NC1CCCCC1)N1CC(c2ccccc2)=Nc2ccccc2C1=O. The predicted molar refractivity (Wildman–Crippen MR) is 139 cm³/mol. The Labute approximate surface area is 206 Å². The standard InChI is InChI=1S/C30H31N3O2/c1-21-12-8-9-17-24(21)28(29(34)31-23-15-6-3-7-16-23)33-20-27(22-13-4-2-5-14-22)32-26-19-11-10-18-25(26)30(33)35/h2,4-5,8-14,17-19,23,28H,3,6-7,15-16,20H2,1H3,(H,31,34). The number of aliphatic imine (C=N–C) groups is 1. The van der Waals surface area contributed by atoms with Crippen LogP contribution in [0.2, 0.25) is 0 Å². The quantitative estimate of drug-likeness (QED) is 0.521. The summed E-state index contributed by atoms with van der Waals surface area (Å²) in [5, 5.41) is 3.29. The monoisotopic (exact) mass is 465 g/mol. The number of carbonyl (C=O) groups excluding carboxylic acids is 2. The number of carbonyl (C=O) groups is 2. The van der Waals surface area contributed by atoms with Crippen LogP contribution in [0.15, 0.2) is 83.9 Å². The molecule has 1 aliphatic carbocycles. The number of benzene rings is 3. The molecule has 1 aliphatic heterocycles. The van der Waals surface area contributed by atoms with Crippen molar-refractivity contribution in [3.05, 3.63) is 101 Å². The fourth-order valence-electron chi connectivity index (χ4n) is 5.19. The van der Waals surface area contributed by atoms with Gasteiger partial charge >= 0.3 is 0 Å². The summed E-state index contributed by atoms with van der Waals surface area (Å²) in [5.41, 5.74) is 4.70. The van der Waals surface area contributed by atoms with Gasteiger partial charge in [0.25, 0.3) is 5.91 Å². The van der Waals surface area contributed by atoms with E-state index in [4.69, 9.17) is 4.99 Å². The van der Waals surface area contributed by atoms with Gasteiger partial charge in [0.05, 0.1) is 23.5 Å². The maximum Gasteiger partial charge on any atom is 0.257 e. The molecule has 178 valence electrons. The van der Waals surface area contributed by atoms with E-state index in [2.05, 4.69) is 5.32 Å². The maximum absolute atomic E-state index is 14.0. The van der Waals surface area contributed by atoms with Gasteiger partial charge in [-0.05, 0) is 48.6 Å². The zero-order valence-electron chi connectivity index (χ0n) is 20.1. The molecule has 2 aliphatic rings. The lowest BCUT2D eigenvalue weighted by molar-refractivity contribution is -0.126. The normalized spacial score (nSPS) is 17.2. The Morgan fingerprint density at radius 3 is 2.37 bits per heavy atom. The molecule has 0 bridgehead atoms. The average molecular weight is 466 g/mol. The number of nitrogens with zero attached hydrogens (tertiary/aromatic N) is 2. The number of aryl methyl sites for hydroxylation is 1. The van der Waals surface area contributed by atoms with Crippen LogP contribution in [-0.4, -0.2) is 35.0 Å². The van der Waals surface area contributed by atoms with Gasteiger partial charge in [0.15, 0.2) is 0 Å². The van der Waals surface area contributed by atoms with E-state index in [0.717, 1.165) is 48.1 Å². The Kier molecular flexibility index (Phi) is 6.75. The van der Waals surface area contributed by atoms with Crippen molar-refractivity contribution in [3.63, 3.8) is 0 Å². The van der Waals surface area contributed by atoms with Gasteiger partial charge in [-0.15, -0.1) is 0 Å². The Hall–Kier alpha value is -3.73. The number of hydrogen-bond donors (Lipinski definition) is 1. The number of hydrogen-bond acceptors (Lipinski definition) is 3. The second-order valence-electron chi connectivity index (χ2n) is 9.48. The van der Waals surface area contributed by atoms with Gasteiger partial charge in [0.2, 0.25) is 5.91 Å². The fraction of sp³-hybridized carbons (Fsp3) is 0.300. The van der Waals surface area contributed by atoms with Crippen LogP contribution in [0.3, 0.4) is 0 Å². The van der Waals surface area contributed by atoms with Crippen molar-refractivity contribution < 1.29 is 9.59 Å². The van der Waals surface area contributed by atoms with Crippen LogP contribution in [0.25, 0.3) is 0 Å². The molecule has 5 nitrogen and oxygen atoms in total. The molecule has 3 aromatic carbocycles. The number of para-hydroxylation sites is 1. The first kappa shape index (κ1) is 23.0. The van der Waals surface area contributed by atoms with Gasteiger partial charge in [0.1, 0.15) is 6.04 Å². The third-order valence-electron chi connectivity index (χ3n) is 7.07. The third-order valence-corrected chi connectivity index (χ3v) is 7.07. The highest BCUT2D eigenvalue weighted by Crippen LogP contribution is 2.32. The van der Waals surface area contributed by atoms with Crippen molar-refractivity contribution in [3.8, 4) is 0 Å². The first-order chi connectivity index (χ1) is 17.1. The minimum absolute atomic E-state index is 0.119. The molecular formula is C30H31N3O2. The highest BCUT2D eigenvalue weighted by Gasteiger charge is 2.37. The number of nitrogens with one attached hydrogen (secondary N) is 1. The second-order valence-corrected chi connectivity index (χ2v) is 9.48. The van der Waals surface area contributed by atoms with Gasteiger partial charge in [0, 0.05) is 6.04 Å². The van der Waals surface area contributed by atoms with Crippen molar-refractivity contribution >= 4 is 23.2 Å². The van der Waals surface area contributed by atoms with Crippen molar-refractivity contribution in [2.24, 2.45) is 4.99 Å². The molecule has 2 amide bonds. The highest BCUT2D eigenvalue weighted by atomic mass is 16.2. The first-order valence-electron chi connectivity index (χ1n) is 12.5. The molecule has 1 saturated carbocycles. The molecule has 1 N–H and O–H groups in total. The average Bonchev–Trinajstić information content (AvgIpc) is 3.03. The molecule has 0 aromatic heterocycles. The fourth-order valence-corrected chi connectivity index (χ4v) is 5.19. The van der Waals surface area contributed by atoms with Gasteiger partial charge in [-0.25, -0.2) is 0 Å². The van der Waals surface area contributed by atoms with Crippen LogP contribution in [-0.2, 0) is 4.79 Å². The van der Waals surface area contributed by atoms with Crippen molar-refractivity contribution in [2.75, 3.05) is 6.54 Å². The van der Waals surface area contributed by atoms with E-state index >= 15 is 0 Å². The minimum Gasteiger partial charge on any atom is -0.351 e. The Bertz CT molecular complexity index is 1250. The topological polar surface area (TPSA) is 61.8 Å². The van der Waals surface area contributed by atoms with Gasteiger partial charge in [-0.3, -0.25) is 14.6 Å². The molecule has 1 atom stereocenters. The minimum atomic E-state index is -0.745. The molecule has 0 radical (unpaired) electrons. The van der Waals surface area contributed by atoms with Crippen LogP contribution in [0, 0.1) is 6.92 Å². The summed E-state index contributed by atoms with van der Waals surface area (Å²) in [6.45, 7) is 2.24. The zero-order chi connectivity index (χ0) is 24.2. The number of rotatable bonds is 5. The highest BCUT2D eigenvalue weighted by molar-refractivity contribution is 6.11. The molecule has 1 unspecified atom stereocenters. The summed E-state index contributed by atoms with van der Waals surface area (Å²) in [7, 11) is 0. The lowest BCUT2D eigenvalue weighted by Crippen LogP contribution is -2.48. The Morgan fingerprint density at radius 1 is 0.914 bits per heavy atom. The number of amides is 2. The van der Waals surface area contributed by atoms with E-state index in [1.807, 2.05) is 79.7 Å². The molecule has 1 heterocycles. The van der Waals surface area contributed by atoms with E-state index in [9.17, 15) is 9.59 Å². The van der Waals surface area contributed by atoms with Crippen molar-refractivity contribution in [2.45, 2.75) is 51.1 Å². The van der Waals surface area contributed by atoms with Gasteiger partial charge in [-0.2, -0.15) is 0 Å². The van der Waals surface area contributed by atoms with E-state index in [1.54, 1.807) is 11.0 Å². The molecule has 35 heavy (non-hydrogen) atoms. The summed E-state index contributed by atoms with van der Waals surface area (Å²) in [5.74, 6) is -0.298. The summed E-state index contributed by atoms with van der Waals surface area (Å²) in [6.07, 6.45) is 5.44. The van der Waals surface area contributed by atoms with Crippen molar-refractivity contribution in [1.29, 1.82) is 0 Å². The summed E-state index contributed by atoms with van der Waals surface area (Å²) >= 11 is 0. The summed E-state index contributed by atoms with van der Waals surface area (Å²) in [4.78, 5) is 34.6. The van der Waals surface area contributed by atoms with Gasteiger partial charge in [-0.1, -0.05) is 86.0 Å². The van der Waals surface area contributed by atoms with E-state index in [1.165, 1.54) is 6.42 Å². The molecular weight excluding hydrogens is 434 g/mol. The summed E-state index contributed by atoms with van der Waals surface area (Å²) < 4.78 is 0. The van der Waals surface area contributed by atoms with Gasteiger partial charge < -0.3 is 10.2 Å². The van der Waals surface area contributed by atoms with E-state index in [-0.39, 0.29) is 24.4 Å². The Morgan fingerprint density at radius 2 is 1.60 bits per heavy atom. The van der Waals surface area contributed by atoms with Crippen LogP contribution < -0.4 is 5.32 Å².